The smallest absolute Gasteiger partial charge is 0.317 e. The van der Waals surface area contributed by atoms with E-state index in [0.29, 0.717) is 50.7 Å². The van der Waals surface area contributed by atoms with Crippen LogP contribution in [-0.2, 0) is 14.4 Å². The van der Waals surface area contributed by atoms with Crippen molar-refractivity contribution in [1.82, 2.24) is 0 Å². The quantitative estimate of drug-likeness (QED) is 0.0899. The Morgan fingerprint density at radius 3 is 1.84 bits per heavy atom. The molecule has 2 amide bonds. The molecule has 1 saturated heterocycles. The van der Waals surface area contributed by atoms with Gasteiger partial charge in [-0.1, -0.05) is 36.4 Å². The molecule has 5 fully saturated rings. The number of halogens is 1. The maximum Gasteiger partial charge on any atom is 0.317 e. The Labute approximate surface area is 269 Å². The lowest BCUT2D eigenvalue weighted by Crippen LogP contribution is -2.56. The third-order valence-corrected chi connectivity index (χ3v) is 10.5. The van der Waals surface area contributed by atoms with Gasteiger partial charge in [0.15, 0.2) is 16.6 Å². The van der Waals surface area contributed by atoms with Gasteiger partial charge in [0.2, 0.25) is 0 Å². The summed E-state index contributed by atoms with van der Waals surface area (Å²) in [6, 6.07) is 21.4. The molecule has 0 atom stereocenters. The largest absolute Gasteiger partial charge is 0.493 e. The Morgan fingerprint density at radius 2 is 1.36 bits per heavy atom. The van der Waals surface area contributed by atoms with Crippen LogP contribution in [0.25, 0.3) is 6.08 Å². The molecule has 0 radical (unpaired) electrons. The van der Waals surface area contributed by atoms with Crippen molar-refractivity contribution in [3.05, 3.63) is 88.4 Å². The minimum absolute atomic E-state index is 0.0697. The van der Waals surface area contributed by atoms with E-state index in [-0.39, 0.29) is 16.7 Å². The molecule has 0 unspecified atom stereocenters. The molecule has 1 heterocycles. The minimum atomic E-state index is -0.536. The number of amides is 2. The van der Waals surface area contributed by atoms with Crippen molar-refractivity contribution >= 4 is 68.5 Å². The zero-order valence-corrected chi connectivity index (χ0v) is 26.6. The van der Waals surface area contributed by atoms with E-state index in [0.717, 1.165) is 19.3 Å². The Morgan fingerprint density at radius 1 is 0.864 bits per heavy atom. The number of benzene rings is 3. The third-order valence-electron chi connectivity index (χ3n) is 9.51. The lowest BCUT2D eigenvalue weighted by atomic mass is 9.49. The van der Waals surface area contributed by atoms with Gasteiger partial charge in [-0.25, -0.2) is 0 Å². The summed E-state index contributed by atoms with van der Waals surface area (Å²) in [4.78, 5) is 44.2. The molecular formula is C35H31BrN2O5S. The fourth-order valence-corrected chi connectivity index (χ4v) is 8.91. The molecule has 1 aliphatic heterocycles. The molecule has 9 heteroatoms. The van der Waals surface area contributed by atoms with Gasteiger partial charge in [-0.05, 0) is 132 Å². The summed E-state index contributed by atoms with van der Waals surface area (Å²) in [5.41, 5.74) is 1.12. The van der Waals surface area contributed by atoms with Crippen LogP contribution in [-0.4, -0.2) is 30.0 Å². The van der Waals surface area contributed by atoms with Gasteiger partial charge in [0.1, 0.15) is 5.57 Å². The highest BCUT2D eigenvalue weighted by atomic mass is 79.9. The van der Waals surface area contributed by atoms with Crippen LogP contribution >= 0.6 is 28.1 Å². The number of hydrogen-bond acceptors (Lipinski definition) is 6. The van der Waals surface area contributed by atoms with Gasteiger partial charge in [0.25, 0.3) is 11.8 Å². The number of ether oxygens (including phenoxy) is 2. The van der Waals surface area contributed by atoms with Crippen LogP contribution in [0.2, 0.25) is 0 Å². The number of anilines is 2. The van der Waals surface area contributed by atoms with E-state index in [1.165, 1.54) is 42.2 Å². The zero-order valence-electron chi connectivity index (χ0n) is 24.2. The maximum atomic E-state index is 13.9. The van der Waals surface area contributed by atoms with Crippen LogP contribution in [0.3, 0.4) is 0 Å². The van der Waals surface area contributed by atoms with Gasteiger partial charge in [0.05, 0.1) is 28.4 Å². The summed E-state index contributed by atoms with van der Waals surface area (Å²) in [6.45, 7) is 0. The van der Waals surface area contributed by atoms with E-state index in [2.05, 4.69) is 15.9 Å². The first-order valence-corrected chi connectivity index (χ1v) is 16.1. The van der Waals surface area contributed by atoms with E-state index in [1.807, 2.05) is 36.4 Å². The topological polar surface area (TPSA) is 76.2 Å². The molecule has 4 aliphatic carbocycles. The summed E-state index contributed by atoms with van der Waals surface area (Å²) < 4.78 is 12.3. The van der Waals surface area contributed by atoms with E-state index in [9.17, 15) is 14.4 Å². The first-order valence-electron chi connectivity index (χ1n) is 14.9. The fraction of sp³-hybridized carbons (Fsp3) is 0.314. The Kier molecular flexibility index (Phi) is 7.41. The van der Waals surface area contributed by atoms with E-state index >= 15 is 0 Å². The number of carbonyl (C=O) groups is 3. The second-order valence-corrected chi connectivity index (χ2v) is 13.6. The Balaban J connectivity index is 1.23. The first kappa shape index (κ1) is 28.9. The number of esters is 1. The number of hydrogen-bond donors (Lipinski definition) is 0. The summed E-state index contributed by atoms with van der Waals surface area (Å²) >= 11 is 9.28. The van der Waals surface area contributed by atoms with Gasteiger partial charge in [0, 0.05) is 0 Å². The van der Waals surface area contributed by atoms with Crippen molar-refractivity contribution in [1.29, 1.82) is 0 Å². The summed E-state index contributed by atoms with van der Waals surface area (Å²) in [5, 5.41) is 0.0697. The molecule has 0 N–H and O–H groups in total. The first-order chi connectivity index (χ1) is 21.3. The van der Waals surface area contributed by atoms with Crippen LogP contribution in [0.4, 0.5) is 11.4 Å². The molecule has 4 bridgehead atoms. The van der Waals surface area contributed by atoms with E-state index in [4.69, 9.17) is 21.7 Å². The summed E-state index contributed by atoms with van der Waals surface area (Å²) in [6.07, 6.45) is 7.89. The molecule has 3 aromatic rings. The van der Waals surface area contributed by atoms with Gasteiger partial charge >= 0.3 is 5.97 Å². The maximum absolute atomic E-state index is 13.9. The van der Waals surface area contributed by atoms with Crippen molar-refractivity contribution in [2.45, 2.75) is 38.5 Å². The van der Waals surface area contributed by atoms with Crippen LogP contribution in [0.5, 0.6) is 11.5 Å². The molecule has 3 aromatic carbocycles. The molecular weight excluding hydrogens is 640 g/mol. The predicted octanol–water partition coefficient (Wildman–Crippen LogP) is 7.33. The number of para-hydroxylation sites is 2. The Bertz CT molecular complexity index is 1610. The monoisotopic (exact) mass is 670 g/mol. The standard InChI is InChI=1S/C35H31BrN2O5S/c1-42-29-17-21(16-28(36)30(29)43-33(41)35-18-22-12-23(19-35)14-24(13-22)20-35)15-27-31(39)37(25-8-4-2-5-9-25)34(44)38(32(27)40)26-10-6-3-7-11-26/h2-11,15-17,22-24H,12-14,18-20H2,1H3. The average molecular weight is 672 g/mol. The fourth-order valence-electron chi connectivity index (χ4n) is 7.99. The highest BCUT2D eigenvalue weighted by molar-refractivity contribution is 9.10. The lowest BCUT2D eigenvalue weighted by Gasteiger charge is -2.55. The number of carbonyl (C=O) groups excluding carboxylic acids is 3. The predicted molar refractivity (Wildman–Crippen MR) is 175 cm³/mol. The van der Waals surface area contributed by atoms with E-state index < -0.39 is 17.2 Å². The highest BCUT2D eigenvalue weighted by Crippen LogP contribution is 2.60. The third kappa shape index (κ3) is 4.96. The highest BCUT2D eigenvalue weighted by Gasteiger charge is 2.56. The minimum Gasteiger partial charge on any atom is -0.493 e. The summed E-state index contributed by atoms with van der Waals surface area (Å²) in [5.74, 6) is 1.19. The van der Waals surface area contributed by atoms with Crippen LogP contribution in [0, 0.1) is 23.2 Å². The van der Waals surface area contributed by atoms with Crippen molar-refractivity contribution < 1.29 is 23.9 Å². The SMILES string of the molecule is COc1cc(C=C2C(=O)N(c3ccccc3)C(=S)N(c3ccccc3)C2=O)cc(Br)c1OC(=O)C12CC3CC(CC(C3)C1)C2. The molecule has 4 saturated carbocycles. The van der Waals surface area contributed by atoms with Crippen molar-refractivity contribution in [3.8, 4) is 11.5 Å². The zero-order chi connectivity index (χ0) is 30.6. The normalized spacial score (nSPS) is 25.8. The van der Waals surface area contributed by atoms with E-state index in [1.54, 1.807) is 36.4 Å². The summed E-state index contributed by atoms with van der Waals surface area (Å²) in [7, 11) is 1.50. The van der Waals surface area contributed by atoms with Crippen LogP contribution < -0.4 is 19.3 Å². The van der Waals surface area contributed by atoms with Crippen molar-refractivity contribution in [2.24, 2.45) is 23.2 Å². The average Bonchev–Trinajstić information content (AvgIpc) is 3.01. The Hall–Kier alpha value is -3.82. The lowest BCUT2D eigenvalue weighted by molar-refractivity contribution is -0.161. The molecule has 0 aromatic heterocycles. The molecule has 5 aliphatic rings. The van der Waals surface area contributed by atoms with Gasteiger partial charge in [-0.15, -0.1) is 0 Å². The van der Waals surface area contributed by atoms with Crippen LogP contribution in [0.15, 0.2) is 82.8 Å². The second-order valence-electron chi connectivity index (χ2n) is 12.4. The number of rotatable bonds is 6. The van der Waals surface area contributed by atoms with Crippen LogP contribution in [0.1, 0.15) is 44.1 Å². The molecule has 0 spiro atoms. The molecule has 7 nitrogen and oxygen atoms in total. The molecule has 8 rings (SSSR count). The van der Waals surface area contributed by atoms with Crippen molar-refractivity contribution in [2.75, 3.05) is 16.9 Å². The van der Waals surface area contributed by atoms with Crippen molar-refractivity contribution in [3.63, 3.8) is 0 Å². The van der Waals surface area contributed by atoms with Gasteiger partial charge < -0.3 is 9.47 Å². The number of nitrogens with zero attached hydrogens (tertiary/aromatic N) is 2. The van der Waals surface area contributed by atoms with Gasteiger partial charge in [-0.3, -0.25) is 24.2 Å². The number of methoxy groups -OCH3 is 1. The molecule has 44 heavy (non-hydrogen) atoms. The van der Waals surface area contributed by atoms with Gasteiger partial charge in [-0.2, -0.15) is 0 Å². The number of thiocarbonyl (C=S) groups is 1. The molecule has 224 valence electrons. The second kappa shape index (κ2) is 11.3.